The first-order valence-corrected chi connectivity index (χ1v) is 14.5. The summed E-state index contributed by atoms with van der Waals surface area (Å²) in [6, 6.07) is 1.81. The van der Waals surface area contributed by atoms with Crippen LogP contribution in [0, 0.1) is 18.2 Å². The number of rotatable bonds is 9. The van der Waals surface area contributed by atoms with E-state index in [0.29, 0.717) is 40.7 Å². The molecule has 41 heavy (non-hydrogen) atoms. The van der Waals surface area contributed by atoms with E-state index in [-0.39, 0.29) is 17.7 Å². The molecule has 8 nitrogen and oxygen atoms in total. The van der Waals surface area contributed by atoms with E-state index in [4.69, 9.17) is 0 Å². The van der Waals surface area contributed by atoms with Gasteiger partial charge in [0.2, 0.25) is 5.95 Å². The fraction of sp³-hybridized carbons (Fsp3) is 0.548. The van der Waals surface area contributed by atoms with Crippen molar-refractivity contribution >= 4 is 17.6 Å². The molecule has 2 saturated heterocycles. The van der Waals surface area contributed by atoms with Gasteiger partial charge in [-0.15, -0.1) is 0 Å². The number of anilines is 2. The summed E-state index contributed by atoms with van der Waals surface area (Å²) in [6.45, 7) is 16.8. The standard InChI is InChI=1S/C31H42F2N8/c1-20(2)41-23(5)37-29(22(4)32)27(41)12-21(3)25-13-28(34-16-26(25)33)39(7)30-35-14-24(15-36-30)17-40-18-31(19-40)8-10-38(6)11-9-31/h13-16,20-21H,4,8-12,17-19H2,1-3,5-7H3. The second-order valence-electron chi connectivity index (χ2n) is 12.4. The van der Waals surface area contributed by atoms with Gasteiger partial charge in [-0.25, -0.2) is 28.7 Å². The van der Waals surface area contributed by atoms with Crippen LogP contribution >= 0.6 is 0 Å². The highest BCUT2D eigenvalue weighted by Crippen LogP contribution is 2.40. The Hall–Kier alpha value is -3.24. The van der Waals surface area contributed by atoms with E-state index in [1.807, 2.05) is 51.7 Å². The summed E-state index contributed by atoms with van der Waals surface area (Å²) in [5.74, 6) is 0.493. The van der Waals surface area contributed by atoms with E-state index in [2.05, 4.69) is 43.4 Å². The van der Waals surface area contributed by atoms with Gasteiger partial charge in [-0.3, -0.25) is 9.80 Å². The Bertz CT molecular complexity index is 1380. The maximum atomic E-state index is 15.0. The van der Waals surface area contributed by atoms with Crippen LogP contribution in [0.2, 0.25) is 0 Å². The number of aromatic nitrogens is 5. The highest BCUT2D eigenvalue weighted by molar-refractivity contribution is 5.56. The van der Waals surface area contributed by atoms with Crippen molar-refractivity contribution in [2.24, 2.45) is 5.41 Å². The molecule has 1 spiro atoms. The van der Waals surface area contributed by atoms with Gasteiger partial charge in [-0.05, 0) is 83.1 Å². The fourth-order valence-corrected chi connectivity index (χ4v) is 6.48. The normalized spacial score (nSPS) is 18.1. The lowest BCUT2D eigenvalue weighted by Crippen LogP contribution is -2.59. The molecule has 1 unspecified atom stereocenters. The minimum atomic E-state index is -0.582. The zero-order valence-corrected chi connectivity index (χ0v) is 25.2. The molecule has 0 bridgehead atoms. The lowest BCUT2D eigenvalue weighted by molar-refractivity contribution is -0.0471. The zero-order chi connectivity index (χ0) is 29.5. The number of halogens is 2. The first-order valence-electron chi connectivity index (χ1n) is 14.5. The molecule has 3 aromatic heterocycles. The average Bonchev–Trinajstić information content (AvgIpc) is 3.25. The molecule has 0 saturated carbocycles. The number of piperidine rings is 1. The number of hydrogen-bond donors (Lipinski definition) is 0. The van der Waals surface area contributed by atoms with Crippen LogP contribution in [0.25, 0.3) is 5.83 Å². The summed E-state index contributed by atoms with van der Waals surface area (Å²) in [4.78, 5) is 24.5. The van der Waals surface area contributed by atoms with Crippen molar-refractivity contribution in [2.75, 3.05) is 45.2 Å². The van der Waals surface area contributed by atoms with Gasteiger partial charge >= 0.3 is 0 Å². The molecule has 0 aromatic carbocycles. The SMILES string of the molecule is C=C(F)c1nc(C)n(C(C)C)c1CC(C)c1cc(N(C)c2ncc(CN3CC4(CCN(C)CC4)C3)cn2)ncc1F. The van der Waals surface area contributed by atoms with Gasteiger partial charge in [0.25, 0.3) is 0 Å². The van der Waals surface area contributed by atoms with Crippen LogP contribution < -0.4 is 4.90 Å². The Morgan fingerprint density at radius 3 is 2.37 bits per heavy atom. The molecule has 3 aromatic rings. The molecule has 5 heterocycles. The topological polar surface area (TPSA) is 66.2 Å². The van der Waals surface area contributed by atoms with E-state index in [9.17, 15) is 4.39 Å². The minimum absolute atomic E-state index is 0.0818. The van der Waals surface area contributed by atoms with Crippen molar-refractivity contribution < 1.29 is 8.78 Å². The molecule has 1 atom stereocenters. The number of imidazole rings is 1. The summed E-state index contributed by atoms with van der Waals surface area (Å²) in [7, 11) is 4.03. The molecule has 0 amide bonds. The zero-order valence-electron chi connectivity index (χ0n) is 25.2. The third-order valence-electron chi connectivity index (χ3n) is 8.77. The Balaban J connectivity index is 1.27. The summed E-state index contributed by atoms with van der Waals surface area (Å²) in [6.07, 6.45) is 7.92. The first kappa shape index (κ1) is 29.3. The molecule has 220 valence electrons. The van der Waals surface area contributed by atoms with Crippen molar-refractivity contribution in [2.45, 2.75) is 65.5 Å². The highest BCUT2D eigenvalue weighted by atomic mass is 19.1. The summed E-state index contributed by atoms with van der Waals surface area (Å²) in [5.41, 5.74) is 3.01. The van der Waals surface area contributed by atoms with Crippen LogP contribution in [0.5, 0.6) is 0 Å². The molecule has 2 fully saturated rings. The van der Waals surface area contributed by atoms with Crippen LogP contribution in [0.1, 0.15) is 73.9 Å². The predicted molar refractivity (Wildman–Crippen MR) is 158 cm³/mol. The monoisotopic (exact) mass is 564 g/mol. The first-order chi connectivity index (χ1) is 19.5. The molecule has 2 aliphatic rings. The van der Waals surface area contributed by atoms with Crippen LogP contribution in [0.3, 0.4) is 0 Å². The molecule has 0 radical (unpaired) electrons. The number of likely N-dealkylation sites (tertiary alicyclic amines) is 2. The van der Waals surface area contributed by atoms with Gasteiger partial charge in [0, 0.05) is 56.4 Å². The molecule has 5 rings (SSSR count). The maximum absolute atomic E-state index is 15.0. The van der Waals surface area contributed by atoms with E-state index >= 15 is 4.39 Å². The van der Waals surface area contributed by atoms with Crippen molar-refractivity contribution in [3.05, 3.63) is 65.4 Å². The Kier molecular flexibility index (Phi) is 8.25. The van der Waals surface area contributed by atoms with Gasteiger partial charge in [0.05, 0.1) is 6.20 Å². The Morgan fingerprint density at radius 1 is 1.10 bits per heavy atom. The summed E-state index contributed by atoms with van der Waals surface area (Å²) >= 11 is 0. The second kappa shape index (κ2) is 11.6. The Morgan fingerprint density at radius 2 is 1.76 bits per heavy atom. The number of aryl methyl sites for hydroxylation is 1. The summed E-state index contributed by atoms with van der Waals surface area (Å²) in [5, 5.41) is 0. The van der Waals surface area contributed by atoms with E-state index in [1.54, 1.807) is 11.0 Å². The average molecular weight is 565 g/mol. The van der Waals surface area contributed by atoms with Crippen molar-refractivity contribution in [1.82, 2.24) is 34.3 Å². The fourth-order valence-electron chi connectivity index (χ4n) is 6.48. The smallest absolute Gasteiger partial charge is 0.230 e. The summed E-state index contributed by atoms with van der Waals surface area (Å²) < 4.78 is 31.3. The van der Waals surface area contributed by atoms with Gasteiger partial charge in [-0.2, -0.15) is 0 Å². The second-order valence-corrected chi connectivity index (χ2v) is 12.4. The van der Waals surface area contributed by atoms with Crippen LogP contribution in [0.4, 0.5) is 20.5 Å². The van der Waals surface area contributed by atoms with Crippen molar-refractivity contribution in [3.8, 4) is 0 Å². The Labute approximate surface area is 242 Å². The van der Waals surface area contributed by atoms with Crippen LogP contribution in [0.15, 0.2) is 31.2 Å². The van der Waals surface area contributed by atoms with E-state index < -0.39 is 11.6 Å². The third kappa shape index (κ3) is 6.04. The molecule has 2 aliphatic heterocycles. The molecular formula is C31H42F2N8. The maximum Gasteiger partial charge on any atom is 0.230 e. The minimum Gasteiger partial charge on any atom is -0.329 e. The van der Waals surface area contributed by atoms with Gasteiger partial charge < -0.3 is 9.47 Å². The molecule has 0 N–H and O–H groups in total. The van der Waals surface area contributed by atoms with Crippen LogP contribution in [-0.4, -0.2) is 74.6 Å². The lowest BCUT2D eigenvalue weighted by atomic mass is 9.72. The van der Waals surface area contributed by atoms with Gasteiger partial charge in [0.15, 0.2) is 0 Å². The highest BCUT2D eigenvalue weighted by Gasteiger charge is 2.44. The number of pyridine rings is 1. The molecular weight excluding hydrogens is 522 g/mol. The van der Waals surface area contributed by atoms with Crippen molar-refractivity contribution in [3.63, 3.8) is 0 Å². The van der Waals surface area contributed by atoms with Gasteiger partial charge in [0.1, 0.15) is 29.0 Å². The molecule has 10 heteroatoms. The number of hydrogen-bond acceptors (Lipinski definition) is 7. The quantitative estimate of drug-likeness (QED) is 0.331. The largest absolute Gasteiger partial charge is 0.329 e. The van der Waals surface area contributed by atoms with Crippen LogP contribution in [-0.2, 0) is 13.0 Å². The predicted octanol–water partition coefficient (Wildman–Crippen LogP) is 5.68. The third-order valence-corrected chi connectivity index (χ3v) is 8.77. The van der Waals surface area contributed by atoms with E-state index in [1.165, 1.54) is 32.1 Å². The van der Waals surface area contributed by atoms with E-state index in [0.717, 1.165) is 25.2 Å². The van der Waals surface area contributed by atoms with Crippen molar-refractivity contribution in [1.29, 1.82) is 0 Å². The lowest BCUT2D eigenvalue weighted by Gasteiger charge is -2.53. The number of nitrogens with zero attached hydrogens (tertiary/aromatic N) is 8. The molecule has 0 aliphatic carbocycles. The van der Waals surface area contributed by atoms with Gasteiger partial charge in [-0.1, -0.05) is 13.5 Å².